The number of carbonyl (C=O) groups excluding carboxylic acids is 1. The summed E-state index contributed by atoms with van der Waals surface area (Å²) in [5, 5.41) is 0. The summed E-state index contributed by atoms with van der Waals surface area (Å²) >= 11 is 0. The van der Waals surface area contributed by atoms with Gasteiger partial charge in [-0.1, -0.05) is 12.8 Å². The highest BCUT2D eigenvalue weighted by atomic mass is 16.5. The summed E-state index contributed by atoms with van der Waals surface area (Å²) in [6.07, 6.45) is 7.87. The summed E-state index contributed by atoms with van der Waals surface area (Å²) in [7, 11) is 0. The largest absolute Gasteiger partial charge is 0.462 e. The average molecular weight is 220 g/mol. The summed E-state index contributed by atoms with van der Waals surface area (Å²) in [5.41, 5.74) is 0.428. The zero-order valence-corrected chi connectivity index (χ0v) is 9.48. The number of aryl methyl sites for hydroxylation is 1. The van der Waals surface area contributed by atoms with Crippen LogP contribution in [0.3, 0.4) is 0 Å². The van der Waals surface area contributed by atoms with Gasteiger partial charge in [-0.3, -0.25) is 0 Å². The first-order valence-corrected chi connectivity index (χ1v) is 5.77. The molecule has 86 valence electrons. The molecule has 1 aromatic heterocycles. The van der Waals surface area contributed by atoms with E-state index in [-0.39, 0.29) is 5.97 Å². The number of ether oxygens (including phenoxy) is 1. The van der Waals surface area contributed by atoms with Gasteiger partial charge < -0.3 is 4.74 Å². The van der Waals surface area contributed by atoms with Gasteiger partial charge in [0.05, 0.1) is 12.2 Å². The zero-order valence-electron chi connectivity index (χ0n) is 9.48. The van der Waals surface area contributed by atoms with Crippen molar-refractivity contribution in [3.8, 4) is 0 Å². The molecular weight excluding hydrogens is 204 g/mol. The van der Waals surface area contributed by atoms with Crippen LogP contribution in [0.1, 0.15) is 42.4 Å². The first-order chi connectivity index (χ1) is 7.79. The van der Waals surface area contributed by atoms with Crippen molar-refractivity contribution in [1.82, 2.24) is 9.97 Å². The lowest BCUT2D eigenvalue weighted by Crippen LogP contribution is -2.07. The van der Waals surface area contributed by atoms with Gasteiger partial charge in [0, 0.05) is 18.8 Å². The fourth-order valence-corrected chi connectivity index (χ4v) is 1.54. The van der Waals surface area contributed by atoms with Crippen molar-refractivity contribution in [3.05, 3.63) is 23.8 Å². The van der Waals surface area contributed by atoms with E-state index in [1.807, 2.05) is 0 Å². The van der Waals surface area contributed by atoms with Gasteiger partial charge in [-0.2, -0.15) is 0 Å². The SMILES string of the molecule is CCOC(=O)c1cnc(CCC2CC2)nc1. The Labute approximate surface area is 95.1 Å². The van der Waals surface area contributed by atoms with Crippen LogP contribution in [0.15, 0.2) is 12.4 Å². The second-order valence-corrected chi connectivity index (χ2v) is 4.09. The third-order valence-electron chi connectivity index (χ3n) is 2.69. The van der Waals surface area contributed by atoms with Crippen LogP contribution < -0.4 is 0 Å². The zero-order chi connectivity index (χ0) is 11.4. The van der Waals surface area contributed by atoms with Gasteiger partial charge in [0.25, 0.3) is 0 Å². The number of hydrogen-bond acceptors (Lipinski definition) is 4. The molecule has 1 aromatic rings. The van der Waals surface area contributed by atoms with Crippen LogP contribution in [-0.4, -0.2) is 22.5 Å². The molecule has 0 bridgehead atoms. The fourth-order valence-electron chi connectivity index (χ4n) is 1.54. The van der Waals surface area contributed by atoms with E-state index < -0.39 is 0 Å². The molecule has 0 aliphatic heterocycles. The molecule has 2 rings (SSSR count). The molecule has 0 saturated heterocycles. The molecule has 0 unspecified atom stereocenters. The maximum absolute atomic E-state index is 11.3. The molecular formula is C12H16N2O2. The number of nitrogens with zero attached hydrogens (tertiary/aromatic N) is 2. The quantitative estimate of drug-likeness (QED) is 0.712. The average Bonchev–Trinajstić information content (AvgIpc) is 3.11. The van der Waals surface area contributed by atoms with Crippen molar-refractivity contribution in [1.29, 1.82) is 0 Å². The maximum atomic E-state index is 11.3. The molecule has 0 aromatic carbocycles. The molecule has 0 spiro atoms. The van der Waals surface area contributed by atoms with Crippen molar-refractivity contribution in [2.45, 2.75) is 32.6 Å². The Bertz CT molecular complexity index is 358. The molecule has 4 heteroatoms. The molecule has 16 heavy (non-hydrogen) atoms. The Hall–Kier alpha value is -1.45. The molecule has 1 heterocycles. The lowest BCUT2D eigenvalue weighted by Gasteiger charge is -2.02. The van der Waals surface area contributed by atoms with Crippen LogP contribution in [0.5, 0.6) is 0 Å². The van der Waals surface area contributed by atoms with Gasteiger partial charge >= 0.3 is 5.97 Å². The minimum Gasteiger partial charge on any atom is -0.462 e. The molecule has 0 N–H and O–H groups in total. The number of carbonyl (C=O) groups is 1. The van der Waals surface area contributed by atoms with E-state index in [1.165, 1.54) is 19.3 Å². The van der Waals surface area contributed by atoms with Crippen molar-refractivity contribution in [2.75, 3.05) is 6.61 Å². The topological polar surface area (TPSA) is 52.1 Å². The van der Waals surface area contributed by atoms with Gasteiger partial charge in [0.1, 0.15) is 5.82 Å². The lowest BCUT2D eigenvalue weighted by molar-refractivity contribution is 0.0525. The van der Waals surface area contributed by atoms with Crippen molar-refractivity contribution >= 4 is 5.97 Å². The standard InChI is InChI=1S/C12H16N2O2/c1-2-16-12(15)10-7-13-11(14-8-10)6-5-9-3-4-9/h7-9H,2-6H2,1H3. The van der Waals surface area contributed by atoms with Crippen LogP contribution in [-0.2, 0) is 11.2 Å². The van der Waals surface area contributed by atoms with Crippen LogP contribution >= 0.6 is 0 Å². The Balaban J connectivity index is 1.89. The monoisotopic (exact) mass is 220 g/mol. The Kier molecular flexibility index (Phi) is 3.49. The van der Waals surface area contributed by atoms with E-state index in [2.05, 4.69) is 9.97 Å². The maximum Gasteiger partial charge on any atom is 0.341 e. The van der Waals surface area contributed by atoms with Gasteiger partial charge in [-0.25, -0.2) is 14.8 Å². The van der Waals surface area contributed by atoms with Gasteiger partial charge in [0.2, 0.25) is 0 Å². The van der Waals surface area contributed by atoms with E-state index in [0.29, 0.717) is 12.2 Å². The van der Waals surface area contributed by atoms with Gasteiger partial charge in [-0.05, 0) is 19.3 Å². The Morgan fingerprint density at radius 2 is 2.12 bits per heavy atom. The summed E-state index contributed by atoms with van der Waals surface area (Å²) in [4.78, 5) is 19.7. The molecule has 1 saturated carbocycles. The van der Waals surface area contributed by atoms with Gasteiger partial charge in [-0.15, -0.1) is 0 Å². The Morgan fingerprint density at radius 1 is 1.44 bits per heavy atom. The fraction of sp³-hybridized carbons (Fsp3) is 0.583. The molecule has 1 fully saturated rings. The van der Waals surface area contributed by atoms with Crippen LogP contribution in [0.2, 0.25) is 0 Å². The summed E-state index contributed by atoms with van der Waals surface area (Å²) in [5.74, 6) is 1.35. The predicted molar refractivity (Wildman–Crippen MR) is 59.0 cm³/mol. The van der Waals surface area contributed by atoms with Crippen LogP contribution in [0, 0.1) is 5.92 Å². The molecule has 0 atom stereocenters. The predicted octanol–water partition coefficient (Wildman–Crippen LogP) is 2.00. The smallest absolute Gasteiger partial charge is 0.341 e. The Morgan fingerprint density at radius 3 is 2.69 bits per heavy atom. The van der Waals surface area contributed by atoms with E-state index in [0.717, 1.165) is 18.2 Å². The van der Waals surface area contributed by atoms with Crippen molar-refractivity contribution in [2.24, 2.45) is 5.92 Å². The highest BCUT2D eigenvalue weighted by molar-refractivity contribution is 5.88. The summed E-state index contributed by atoms with van der Waals surface area (Å²) in [6.45, 7) is 2.16. The minimum absolute atomic E-state index is 0.351. The number of rotatable bonds is 5. The highest BCUT2D eigenvalue weighted by Crippen LogP contribution is 2.33. The first kappa shape index (κ1) is 11.0. The number of hydrogen-bond donors (Lipinski definition) is 0. The molecule has 1 aliphatic carbocycles. The number of aromatic nitrogens is 2. The highest BCUT2D eigenvalue weighted by Gasteiger charge is 2.21. The molecule has 0 radical (unpaired) electrons. The minimum atomic E-state index is -0.351. The third-order valence-corrected chi connectivity index (χ3v) is 2.69. The second kappa shape index (κ2) is 5.05. The molecule has 0 amide bonds. The first-order valence-electron chi connectivity index (χ1n) is 5.77. The van der Waals surface area contributed by atoms with E-state index in [4.69, 9.17) is 4.74 Å². The summed E-state index contributed by atoms with van der Waals surface area (Å²) < 4.78 is 4.86. The number of esters is 1. The molecule has 4 nitrogen and oxygen atoms in total. The van der Waals surface area contributed by atoms with Crippen LogP contribution in [0.4, 0.5) is 0 Å². The second-order valence-electron chi connectivity index (χ2n) is 4.09. The van der Waals surface area contributed by atoms with Gasteiger partial charge in [0.15, 0.2) is 0 Å². The normalized spacial score (nSPS) is 14.8. The molecule has 1 aliphatic rings. The third kappa shape index (κ3) is 3.02. The van der Waals surface area contributed by atoms with E-state index in [1.54, 1.807) is 19.3 Å². The summed E-state index contributed by atoms with van der Waals surface area (Å²) in [6, 6.07) is 0. The van der Waals surface area contributed by atoms with E-state index in [9.17, 15) is 4.79 Å². The van der Waals surface area contributed by atoms with E-state index >= 15 is 0 Å². The van der Waals surface area contributed by atoms with Crippen molar-refractivity contribution < 1.29 is 9.53 Å². The lowest BCUT2D eigenvalue weighted by atomic mass is 10.2. The van der Waals surface area contributed by atoms with Crippen LogP contribution in [0.25, 0.3) is 0 Å². The van der Waals surface area contributed by atoms with Crippen molar-refractivity contribution in [3.63, 3.8) is 0 Å².